The minimum atomic E-state index is -0.747. The monoisotopic (exact) mass is 483 g/mol. The van der Waals surface area contributed by atoms with Crippen molar-refractivity contribution < 1.29 is 28.5 Å². The zero-order chi connectivity index (χ0) is 25.3. The van der Waals surface area contributed by atoms with Gasteiger partial charge >= 0.3 is 5.97 Å². The van der Waals surface area contributed by atoms with Gasteiger partial charge in [0.2, 0.25) is 5.75 Å². The van der Waals surface area contributed by atoms with Gasteiger partial charge in [-0.1, -0.05) is 26.8 Å². The number of ketones is 1. The molecule has 7 heteroatoms. The molecule has 2 unspecified atom stereocenters. The number of allylic oxidation sites excluding steroid dienone is 2. The van der Waals surface area contributed by atoms with Gasteiger partial charge in [0.15, 0.2) is 17.3 Å². The van der Waals surface area contributed by atoms with Gasteiger partial charge in [-0.05, 0) is 55.2 Å². The van der Waals surface area contributed by atoms with Crippen molar-refractivity contribution in [3.63, 3.8) is 0 Å². The topological polar surface area (TPSA) is 83.1 Å². The van der Waals surface area contributed by atoms with Crippen molar-refractivity contribution >= 4 is 11.8 Å². The van der Waals surface area contributed by atoms with Gasteiger partial charge in [-0.15, -0.1) is 0 Å². The first-order valence-electron chi connectivity index (χ1n) is 12.4. The first kappa shape index (κ1) is 25.1. The Labute approximate surface area is 207 Å². The fourth-order valence-electron chi connectivity index (χ4n) is 5.79. The Hall–Kier alpha value is -2.96. The average Bonchev–Trinajstić information content (AvgIpc) is 2.81. The largest absolute Gasteiger partial charge is 0.493 e. The number of carbonyl (C=O) groups is 2. The highest BCUT2D eigenvalue weighted by atomic mass is 16.5. The molecule has 2 atom stereocenters. The van der Waals surface area contributed by atoms with Crippen molar-refractivity contribution in [2.45, 2.75) is 70.8 Å². The van der Waals surface area contributed by atoms with Crippen LogP contribution in [-0.2, 0) is 14.3 Å². The van der Waals surface area contributed by atoms with Crippen LogP contribution < -0.4 is 19.5 Å². The number of nitrogens with one attached hydrogen (secondary N) is 1. The molecule has 35 heavy (non-hydrogen) atoms. The summed E-state index contributed by atoms with van der Waals surface area (Å²) in [6.45, 7) is 8.38. The SMILES string of the molecule is C=C1NC2=C(C(=O)CC(C)(C)C2)C(c2cc(OC)c(OC)c(OC)c2)C1C(=O)OC1CCCCC1. The maximum absolute atomic E-state index is 13.7. The molecule has 1 heterocycles. The maximum Gasteiger partial charge on any atom is 0.316 e. The third kappa shape index (κ3) is 4.91. The summed E-state index contributed by atoms with van der Waals surface area (Å²) in [6, 6.07) is 3.65. The van der Waals surface area contributed by atoms with Crippen LogP contribution >= 0.6 is 0 Å². The Morgan fingerprint density at radius 3 is 2.20 bits per heavy atom. The molecule has 7 nitrogen and oxygen atoms in total. The van der Waals surface area contributed by atoms with Gasteiger partial charge < -0.3 is 24.3 Å². The Morgan fingerprint density at radius 2 is 1.63 bits per heavy atom. The number of hydrogen-bond donors (Lipinski definition) is 1. The zero-order valence-electron chi connectivity index (χ0n) is 21.5. The van der Waals surface area contributed by atoms with Gasteiger partial charge in [-0.3, -0.25) is 9.59 Å². The van der Waals surface area contributed by atoms with Crippen molar-refractivity contribution in [1.82, 2.24) is 5.32 Å². The van der Waals surface area contributed by atoms with Crippen LogP contribution in [0.3, 0.4) is 0 Å². The van der Waals surface area contributed by atoms with E-state index in [0.717, 1.165) is 36.9 Å². The fourth-order valence-corrected chi connectivity index (χ4v) is 5.79. The minimum Gasteiger partial charge on any atom is -0.493 e. The summed E-state index contributed by atoms with van der Waals surface area (Å²) in [6.07, 6.45) is 6.02. The van der Waals surface area contributed by atoms with Crippen molar-refractivity contribution in [3.8, 4) is 17.2 Å². The van der Waals surface area contributed by atoms with Gasteiger partial charge in [0, 0.05) is 29.3 Å². The van der Waals surface area contributed by atoms with Crippen molar-refractivity contribution in [1.29, 1.82) is 0 Å². The summed E-state index contributed by atoms with van der Waals surface area (Å²) in [5.41, 5.74) is 2.55. The quantitative estimate of drug-likeness (QED) is 0.567. The van der Waals surface area contributed by atoms with Crippen LogP contribution in [0.2, 0.25) is 0 Å². The van der Waals surface area contributed by atoms with E-state index in [4.69, 9.17) is 18.9 Å². The second-order valence-electron chi connectivity index (χ2n) is 10.6. The molecule has 1 aliphatic heterocycles. The van der Waals surface area contributed by atoms with Gasteiger partial charge in [-0.2, -0.15) is 0 Å². The van der Waals surface area contributed by atoms with E-state index in [9.17, 15) is 9.59 Å². The maximum atomic E-state index is 13.7. The van der Waals surface area contributed by atoms with Gasteiger partial charge in [0.1, 0.15) is 12.0 Å². The molecule has 3 aliphatic rings. The van der Waals surface area contributed by atoms with Crippen LogP contribution in [-0.4, -0.2) is 39.2 Å². The number of rotatable bonds is 6. The Bertz CT molecular complexity index is 1020. The van der Waals surface area contributed by atoms with Crippen molar-refractivity contribution in [2.24, 2.45) is 11.3 Å². The van der Waals surface area contributed by atoms with Crippen LogP contribution in [0.25, 0.3) is 0 Å². The average molecular weight is 484 g/mol. The lowest BCUT2D eigenvalue weighted by Crippen LogP contribution is -2.44. The fraction of sp³-hybridized carbons (Fsp3) is 0.571. The molecule has 1 aromatic carbocycles. The number of Topliss-reactive ketones (excluding diaryl/α,β-unsaturated/α-hetero) is 1. The minimum absolute atomic E-state index is 0.0328. The number of carbonyl (C=O) groups excluding carboxylic acids is 2. The molecule has 0 aromatic heterocycles. The summed E-state index contributed by atoms with van der Waals surface area (Å²) in [5, 5.41) is 3.33. The molecule has 1 fully saturated rings. The van der Waals surface area contributed by atoms with Crippen LogP contribution in [0.15, 0.2) is 35.7 Å². The summed E-state index contributed by atoms with van der Waals surface area (Å²) < 4.78 is 22.7. The van der Waals surface area contributed by atoms with E-state index in [0.29, 0.717) is 41.4 Å². The normalized spacial score (nSPS) is 24.4. The number of esters is 1. The molecule has 1 saturated carbocycles. The Morgan fingerprint density at radius 1 is 1.00 bits per heavy atom. The van der Waals surface area contributed by atoms with E-state index in [-0.39, 0.29) is 23.3 Å². The molecule has 1 N–H and O–H groups in total. The van der Waals surface area contributed by atoms with Gasteiger partial charge in [0.05, 0.1) is 21.3 Å². The van der Waals surface area contributed by atoms with Crippen molar-refractivity contribution in [3.05, 3.63) is 41.2 Å². The molecule has 1 aromatic rings. The molecule has 0 radical (unpaired) electrons. The van der Waals surface area contributed by atoms with Crippen LogP contribution in [0.1, 0.15) is 70.3 Å². The first-order chi connectivity index (χ1) is 16.7. The van der Waals surface area contributed by atoms with Crippen molar-refractivity contribution in [2.75, 3.05) is 21.3 Å². The lowest BCUT2D eigenvalue weighted by molar-refractivity contribution is -0.155. The second kappa shape index (κ2) is 9.96. The third-order valence-corrected chi connectivity index (χ3v) is 7.39. The smallest absolute Gasteiger partial charge is 0.316 e. The van der Waals surface area contributed by atoms with Crippen LogP contribution in [0.4, 0.5) is 0 Å². The highest BCUT2D eigenvalue weighted by Gasteiger charge is 2.47. The highest BCUT2D eigenvalue weighted by molar-refractivity contribution is 6.01. The number of benzene rings is 1. The molecule has 0 bridgehead atoms. The number of ether oxygens (including phenoxy) is 4. The lowest BCUT2D eigenvalue weighted by atomic mass is 9.66. The van der Waals surface area contributed by atoms with Crippen LogP contribution in [0, 0.1) is 11.3 Å². The molecule has 2 aliphatic carbocycles. The third-order valence-electron chi connectivity index (χ3n) is 7.39. The summed E-state index contributed by atoms with van der Waals surface area (Å²) >= 11 is 0. The van der Waals surface area contributed by atoms with E-state index < -0.39 is 11.8 Å². The molecule has 4 rings (SSSR count). The molecule has 0 spiro atoms. The Kier molecular flexibility index (Phi) is 7.15. The van der Waals surface area contributed by atoms with Gasteiger partial charge in [-0.25, -0.2) is 0 Å². The predicted molar refractivity (Wildman–Crippen MR) is 133 cm³/mol. The zero-order valence-corrected chi connectivity index (χ0v) is 21.5. The van der Waals surface area contributed by atoms with E-state index in [1.54, 1.807) is 21.3 Å². The van der Waals surface area contributed by atoms with E-state index >= 15 is 0 Å². The number of methoxy groups -OCH3 is 3. The second-order valence-corrected chi connectivity index (χ2v) is 10.6. The molecule has 190 valence electrons. The molecule has 0 saturated heterocycles. The standard InChI is InChI=1S/C28H37NO6/c1-16-23(27(31)35-18-10-8-7-9-11-18)24(25-19(29-16)14-28(2,3)15-20(25)30)17-12-21(32-4)26(34-6)22(13-17)33-5/h12-13,18,23-24,29H,1,7-11,14-15H2,2-6H3. The lowest BCUT2D eigenvalue weighted by Gasteiger charge is -2.42. The predicted octanol–water partition coefficient (Wildman–Crippen LogP) is 5.05. The van der Waals surface area contributed by atoms with Crippen LogP contribution in [0.5, 0.6) is 17.2 Å². The summed E-state index contributed by atoms with van der Waals surface area (Å²) in [5.74, 6) is -0.232. The molecular formula is C28H37NO6. The first-order valence-corrected chi connectivity index (χ1v) is 12.4. The van der Waals surface area contributed by atoms with E-state index in [1.807, 2.05) is 12.1 Å². The molecule has 0 amide bonds. The number of hydrogen-bond acceptors (Lipinski definition) is 7. The van der Waals surface area contributed by atoms with E-state index in [2.05, 4.69) is 25.7 Å². The molecular weight excluding hydrogens is 446 g/mol. The summed E-state index contributed by atoms with van der Waals surface area (Å²) in [4.78, 5) is 27.2. The highest BCUT2D eigenvalue weighted by Crippen LogP contribution is 2.51. The van der Waals surface area contributed by atoms with Gasteiger partial charge in [0.25, 0.3) is 0 Å². The van der Waals surface area contributed by atoms with E-state index in [1.165, 1.54) is 6.42 Å². The summed E-state index contributed by atoms with van der Waals surface area (Å²) in [7, 11) is 4.65. The Balaban J connectivity index is 1.84.